The van der Waals surface area contributed by atoms with E-state index in [0.717, 1.165) is 32.0 Å². The highest BCUT2D eigenvalue weighted by atomic mass is 16.5. The van der Waals surface area contributed by atoms with E-state index >= 15 is 0 Å². The molecule has 0 atom stereocenters. The SMILES string of the molecule is COCCCCN/C(=N\C1CCCCC1)NC1CCCCC1. The van der Waals surface area contributed by atoms with Gasteiger partial charge in [0.25, 0.3) is 0 Å². The predicted octanol–water partition coefficient (Wildman–Crippen LogP) is 3.61. The van der Waals surface area contributed by atoms with Gasteiger partial charge in [-0.1, -0.05) is 38.5 Å². The second kappa shape index (κ2) is 10.9. The minimum absolute atomic E-state index is 0.534. The van der Waals surface area contributed by atoms with Crippen LogP contribution in [0.1, 0.15) is 77.0 Å². The lowest BCUT2D eigenvalue weighted by molar-refractivity contribution is 0.193. The van der Waals surface area contributed by atoms with Gasteiger partial charge in [-0.05, 0) is 38.5 Å². The Hall–Kier alpha value is -0.770. The Morgan fingerprint density at radius 3 is 2.32 bits per heavy atom. The van der Waals surface area contributed by atoms with E-state index in [1.54, 1.807) is 7.11 Å². The largest absolute Gasteiger partial charge is 0.385 e. The predicted molar refractivity (Wildman–Crippen MR) is 93.4 cm³/mol. The molecular weight excluding hydrogens is 274 g/mol. The summed E-state index contributed by atoms with van der Waals surface area (Å²) < 4.78 is 5.12. The van der Waals surface area contributed by atoms with Crippen molar-refractivity contribution in [2.45, 2.75) is 89.1 Å². The summed E-state index contributed by atoms with van der Waals surface area (Å²) in [6, 6.07) is 1.16. The Morgan fingerprint density at radius 1 is 0.955 bits per heavy atom. The second-order valence-corrected chi connectivity index (χ2v) is 6.88. The maximum absolute atomic E-state index is 5.12. The molecule has 0 radical (unpaired) electrons. The van der Waals surface area contributed by atoms with E-state index in [1.165, 1.54) is 64.2 Å². The van der Waals surface area contributed by atoms with Crippen LogP contribution in [0.4, 0.5) is 0 Å². The monoisotopic (exact) mass is 309 g/mol. The van der Waals surface area contributed by atoms with Crippen molar-refractivity contribution in [2.75, 3.05) is 20.3 Å². The van der Waals surface area contributed by atoms with E-state index < -0.39 is 0 Å². The molecule has 4 nitrogen and oxygen atoms in total. The third-order valence-corrected chi connectivity index (χ3v) is 4.90. The molecule has 2 saturated carbocycles. The van der Waals surface area contributed by atoms with Crippen molar-refractivity contribution in [3.05, 3.63) is 0 Å². The lowest BCUT2D eigenvalue weighted by Gasteiger charge is -2.27. The van der Waals surface area contributed by atoms with Gasteiger partial charge in [0.05, 0.1) is 6.04 Å². The quantitative estimate of drug-likeness (QED) is 0.429. The van der Waals surface area contributed by atoms with Gasteiger partial charge in [0.15, 0.2) is 5.96 Å². The maximum atomic E-state index is 5.12. The Balaban J connectivity index is 1.80. The number of guanidine groups is 1. The average Bonchev–Trinajstić information content (AvgIpc) is 2.56. The summed E-state index contributed by atoms with van der Waals surface area (Å²) in [4.78, 5) is 5.01. The number of unbranched alkanes of at least 4 members (excludes halogenated alkanes) is 1. The molecule has 4 heteroatoms. The first-order valence-electron chi connectivity index (χ1n) is 9.45. The van der Waals surface area contributed by atoms with E-state index in [1.807, 2.05) is 0 Å². The molecule has 0 aromatic heterocycles. The molecule has 0 aliphatic heterocycles. The summed E-state index contributed by atoms with van der Waals surface area (Å²) in [5, 5.41) is 7.26. The standard InChI is InChI=1S/C18H35N3O/c1-22-15-9-8-14-19-18(20-16-10-4-2-5-11-16)21-17-12-6-3-7-13-17/h16-17H,2-15H2,1H3,(H2,19,20,21). The molecule has 0 bridgehead atoms. The van der Waals surface area contributed by atoms with Crippen LogP contribution in [0.15, 0.2) is 4.99 Å². The van der Waals surface area contributed by atoms with Crippen molar-refractivity contribution >= 4 is 5.96 Å². The van der Waals surface area contributed by atoms with Crippen LogP contribution >= 0.6 is 0 Å². The normalized spacial score (nSPS) is 21.8. The third-order valence-electron chi connectivity index (χ3n) is 4.90. The molecule has 0 aromatic carbocycles. The number of nitrogens with zero attached hydrogens (tertiary/aromatic N) is 1. The van der Waals surface area contributed by atoms with E-state index in [0.29, 0.717) is 12.1 Å². The summed E-state index contributed by atoms with van der Waals surface area (Å²) in [6.07, 6.45) is 15.6. The van der Waals surface area contributed by atoms with Gasteiger partial charge in [0, 0.05) is 26.3 Å². The van der Waals surface area contributed by atoms with E-state index in [4.69, 9.17) is 9.73 Å². The first kappa shape index (κ1) is 17.6. The van der Waals surface area contributed by atoms with Gasteiger partial charge >= 0.3 is 0 Å². The minimum atomic E-state index is 0.534. The third kappa shape index (κ3) is 6.99. The van der Waals surface area contributed by atoms with Crippen LogP contribution < -0.4 is 10.6 Å². The molecule has 2 aliphatic carbocycles. The Labute approximate surface area is 136 Å². The van der Waals surface area contributed by atoms with Crippen molar-refractivity contribution in [1.82, 2.24) is 10.6 Å². The van der Waals surface area contributed by atoms with Gasteiger partial charge in [-0.3, -0.25) is 0 Å². The van der Waals surface area contributed by atoms with Crippen LogP contribution in [0.25, 0.3) is 0 Å². The van der Waals surface area contributed by atoms with E-state index in [9.17, 15) is 0 Å². The summed E-state index contributed by atoms with van der Waals surface area (Å²) in [5.74, 6) is 1.07. The van der Waals surface area contributed by atoms with Crippen LogP contribution in [-0.2, 0) is 4.74 Å². The first-order valence-corrected chi connectivity index (χ1v) is 9.45. The zero-order valence-corrected chi connectivity index (χ0v) is 14.4. The van der Waals surface area contributed by atoms with Crippen LogP contribution in [0.5, 0.6) is 0 Å². The maximum Gasteiger partial charge on any atom is 0.191 e. The molecule has 128 valence electrons. The molecule has 0 heterocycles. The van der Waals surface area contributed by atoms with E-state index in [-0.39, 0.29) is 0 Å². The molecule has 2 N–H and O–H groups in total. The molecular formula is C18H35N3O. The summed E-state index contributed by atoms with van der Waals surface area (Å²) in [6.45, 7) is 1.85. The minimum Gasteiger partial charge on any atom is -0.385 e. The summed E-state index contributed by atoms with van der Waals surface area (Å²) in [5.41, 5.74) is 0. The number of nitrogens with one attached hydrogen (secondary N) is 2. The van der Waals surface area contributed by atoms with Crippen molar-refractivity contribution in [1.29, 1.82) is 0 Å². The van der Waals surface area contributed by atoms with Crippen molar-refractivity contribution < 1.29 is 4.74 Å². The van der Waals surface area contributed by atoms with Crippen LogP contribution in [0, 0.1) is 0 Å². The lowest BCUT2D eigenvalue weighted by Crippen LogP contribution is -2.45. The van der Waals surface area contributed by atoms with Crippen LogP contribution in [-0.4, -0.2) is 38.3 Å². The Kier molecular flexibility index (Phi) is 8.69. The molecule has 2 aliphatic rings. The highest BCUT2D eigenvalue weighted by molar-refractivity contribution is 5.80. The number of methoxy groups -OCH3 is 1. The molecule has 0 unspecified atom stereocenters. The van der Waals surface area contributed by atoms with E-state index in [2.05, 4.69) is 10.6 Å². The fraction of sp³-hybridized carbons (Fsp3) is 0.944. The molecule has 0 spiro atoms. The lowest BCUT2D eigenvalue weighted by atomic mass is 9.95. The van der Waals surface area contributed by atoms with Gasteiger partial charge in [0.1, 0.15) is 0 Å². The molecule has 0 aromatic rings. The molecule has 2 fully saturated rings. The van der Waals surface area contributed by atoms with Crippen molar-refractivity contribution in [2.24, 2.45) is 4.99 Å². The Morgan fingerprint density at radius 2 is 1.64 bits per heavy atom. The van der Waals surface area contributed by atoms with Gasteiger partial charge in [-0.15, -0.1) is 0 Å². The zero-order chi connectivity index (χ0) is 15.5. The number of aliphatic imine (C=N–C) groups is 1. The molecule has 2 rings (SSSR count). The smallest absolute Gasteiger partial charge is 0.191 e. The number of ether oxygens (including phenoxy) is 1. The number of hydrogen-bond donors (Lipinski definition) is 2. The van der Waals surface area contributed by atoms with Gasteiger partial charge in [-0.25, -0.2) is 4.99 Å². The molecule has 22 heavy (non-hydrogen) atoms. The molecule has 0 amide bonds. The Bertz CT molecular complexity index is 307. The highest BCUT2D eigenvalue weighted by Gasteiger charge is 2.17. The zero-order valence-electron chi connectivity index (χ0n) is 14.4. The van der Waals surface area contributed by atoms with Gasteiger partial charge < -0.3 is 15.4 Å². The van der Waals surface area contributed by atoms with Gasteiger partial charge in [0.2, 0.25) is 0 Å². The van der Waals surface area contributed by atoms with Crippen LogP contribution in [0.2, 0.25) is 0 Å². The summed E-state index contributed by atoms with van der Waals surface area (Å²) >= 11 is 0. The van der Waals surface area contributed by atoms with Crippen molar-refractivity contribution in [3.63, 3.8) is 0 Å². The topological polar surface area (TPSA) is 45.6 Å². The number of rotatable bonds is 7. The second-order valence-electron chi connectivity index (χ2n) is 6.88. The van der Waals surface area contributed by atoms with Crippen molar-refractivity contribution in [3.8, 4) is 0 Å². The summed E-state index contributed by atoms with van der Waals surface area (Å²) in [7, 11) is 1.77. The first-order chi connectivity index (χ1) is 10.9. The van der Waals surface area contributed by atoms with Gasteiger partial charge in [-0.2, -0.15) is 0 Å². The van der Waals surface area contributed by atoms with Crippen LogP contribution in [0.3, 0.4) is 0 Å². The number of hydrogen-bond acceptors (Lipinski definition) is 2. The fourth-order valence-corrected chi connectivity index (χ4v) is 3.55. The average molecular weight is 309 g/mol. The molecule has 0 saturated heterocycles. The highest BCUT2D eigenvalue weighted by Crippen LogP contribution is 2.21. The fourth-order valence-electron chi connectivity index (χ4n) is 3.55.